The molecule has 0 unspecified atom stereocenters. The fraction of sp³-hybridized carbons (Fsp3) is 0.500. The second-order valence-electron chi connectivity index (χ2n) is 3.31. The van der Waals surface area contributed by atoms with Gasteiger partial charge in [-0.05, 0) is 18.7 Å². The number of hydrogen-bond donors (Lipinski definition) is 1. The summed E-state index contributed by atoms with van der Waals surface area (Å²) in [5, 5.41) is 0. The molecule has 1 heterocycles. The Morgan fingerprint density at radius 2 is 2.36 bits per heavy atom. The topological polar surface area (TPSA) is 51.4 Å². The van der Waals surface area contributed by atoms with E-state index in [9.17, 15) is 0 Å². The number of pyridine rings is 1. The third kappa shape index (κ3) is 3.32. The summed E-state index contributed by atoms with van der Waals surface area (Å²) in [7, 11) is 3.74. The Labute approximate surface area is 84.7 Å². The lowest BCUT2D eigenvalue weighted by atomic mass is 10.2. The van der Waals surface area contributed by atoms with Crippen LogP contribution < -0.4 is 5.73 Å². The minimum atomic E-state index is 0.738. The van der Waals surface area contributed by atoms with Gasteiger partial charge in [0.15, 0.2) is 0 Å². The number of anilines is 1. The molecule has 0 aliphatic heterocycles. The van der Waals surface area contributed by atoms with E-state index in [0.29, 0.717) is 0 Å². The highest BCUT2D eigenvalue weighted by Crippen LogP contribution is 2.10. The first kappa shape index (κ1) is 10.9. The highest BCUT2D eigenvalue weighted by Gasteiger charge is 2.02. The quantitative estimate of drug-likeness (QED) is 0.753. The molecule has 0 saturated carbocycles. The van der Waals surface area contributed by atoms with Crippen molar-refractivity contribution in [2.45, 2.75) is 6.54 Å². The summed E-state index contributed by atoms with van der Waals surface area (Å²) >= 11 is 0. The molecular weight excluding hydrogens is 178 g/mol. The van der Waals surface area contributed by atoms with Crippen LogP contribution in [0.2, 0.25) is 0 Å². The summed E-state index contributed by atoms with van der Waals surface area (Å²) in [6.07, 6.45) is 3.44. The molecule has 0 saturated heterocycles. The molecule has 1 rings (SSSR count). The molecule has 2 N–H and O–H groups in total. The highest BCUT2D eigenvalue weighted by molar-refractivity contribution is 5.43. The predicted molar refractivity (Wildman–Crippen MR) is 56.9 cm³/mol. The van der Waals surface area contributed by atoms with Crippen molar-refractivity contribution in [2.75, 3.05) is 33.0 Å². The van der Waals surface area contributed by atoms with Gasteiger partial charge in [-0.25, -0.2) is 0 Å². The van der Waals surface area contributed by atoms with E-state index < -0.39 is 0 Å². The van der Waals surface area contributed by atoms with Gasteiger partial charge in [0.2, 0.25) is 0 Å². The largest absolute Gasteiger partial charge is 0.397 e. The van der Waals surface area contributed by atoms with Gasteiger partial charge in [0.05, 0.1) is 18.5 Å². The van der Waals surface area contributed by atoms with E-state index in [1.165, 1.54) is 0 Å². The van der Waals surface area contributed by atoms with Gasteiger partial charge in [-0.3, -0.25) is 9.88 Å². The maximum Gasteiger partial charge on any atom is 0.0589 e. The number of nitrogens with two attached hydrogens (primary N) is 1. The lowest BCUT2D eigenvalue weighted by Crippen LogP contribution is -2.22. The zero-order chi connectivity index (χ0) is 10.4. The fourth-order valence-corrected chi connectivity index (χ4v) is 1.20. The standard InChI is InChI=1S/C10H17N3O/c1-13(5-6-14-2)8-9-3-4-12-7-10(9)11/h3-4,7H,5-6,8,11H2,1-2H3. The first-order chi connectivity index (χ1) is 6.74. The molecule has 1 aromatic heterocycles. The molecule has 0 spiro atoms. The van der Waals surface area contributed by atoms with Crippen LogP contribution in [0.3, 0.4) is 0 Å². The minimum Gasteiger partial charge on any atom is -0.397 e. The van der Waals surface area contributed by atoms with Crippen molar-refractivity contribution in [1.82, 2.24) is 9.88 Å². The molecule has 0 bridgehead atoms. The van der Waals surface area contributed by atoms with E-state index in [1.54, 1.807) is 19.5 Å². The van der Waals surface area contributed by atoms with Crippen molar-refractivity contribution in [3.63, 3.8) is 0 Å². The normalized spacial score (nSPS) is 10.8. The fourth-order valence-electron chi connectivity index (χ4n) is 1.20. The summed E-state index contributed by atoms with van der Waals surface area (Å²) in [4.78, 5) is 6.11. The van der Waals surface area contributed by atoms with Gasteiger partial charge in [0.1, 0.15) is 0 Å². The number of ether oxygens (including phenoxy) is 1. The molecule has 1 aromatic rings. The summed E-state index contributed by atoms with van der Waals surface area (Å²) in [5.41, 5.74) is 7.63. The Balaban J connectivity index is 2.47. The van der Waals surface area contributed by atoms with Gasteiger partial charge >= 0.3 is 0 Å². The Bertz CT molecular complexity index is 278. The Kier molecular flexibility index (Phi) is 4.35. The van der Waals surface area contributed by atoms with Crippen LogP contribution >= 0.6 is 0 Å². The van der Waals surface area contributed by atoms with Crippen molar-refractivity contribution in [3.8, 4) is 0 Å². The van der Waals surface area contributed by atoms with Crippen molar-refractivity contribution in [2.24, 2.45) is 0 Å². The molecule has 14 heavy (non-hydrogen) atoms. The maximum absolute atomic E-state index is 5.78. The van der Waals surface area contributed by atoms with E-state index in [0.717, 1.165) is 30.9 Å². The van der Waals surface area contributed by atoms with E-state index in [1.807, 2.05) is 13.1 Å². The third-order valence-corrected chi connectivity index (χ3v) is 2.06. The molecule has 0 atom stereocenters. The van der Waals surface area contributed by atoms with Gasteiger partial charge < -0.3 is 10.5 Å². The van der Waals surface area contributed by atoms with Gasteiger partial charge in [-0.1, -0.05) is 0 Å². The second-order valence-corrected chi connectivity index (χ2v) is 3.31. The first-order valence-electron chi connectivity index (χ1n) is 4.60. The first-order valence-corrected chi connectivity index (χ1v) is 4.60. The molecule has 0 aromatic carbocycles. The van der Waals surface area contributed by atoms with Gasteiger partial charge in [-0.15, -0.1) is 0 Å². The maximum atomic E-state index is 5.78. The Morgan fingerprint density at radius 3 is 3.00 bits per heavy atom. The molecule has 0 aliphatic rings. The highest BCUT2D eigenvalue weighted by atomic mass is 16.5. The van der Waals surface area contributed by atoms with Crippen LogP contribution in [0.15, 0.2) is 18.5 Å². The van der Waals surface area contributed by atoms with E-state index in [2.05, 4.69) is 9.88 Å². The molecule has 0 radical (unpaired) electrons. The number of rotatable bonds is 5. The van der Waals surface area contributed by atoms with Crippen LogP contribution in [0.5, 0.6) is 0 Å². The van der Waals surface area contributed by atoms with Gasteiger partial charge in [0, 0.05) is 26.4 Å². The average Bonchev–Trinajstić information content (AvgIpc) is 2.18. The molecule has 0 fully saturated rings. The lowest BCUT2D eigenvalue weighted by Gasteiger charge is -2.16. The lowest BCUT2D eigenvalue weighted by molar-refractivity contribution is 0.158. The molecule has 4 heteroatoms. The van der Waals surface area contributed by atoms with Crippen LogP contribution in [-0.2, 0) is 11.3 Å². The molecule has 78 valence electrons. The number of likely N-dealkylation sites (N-methyl/N-ethyl adjacent to an activating group) is 1. The van der Waals surface area contributed by atoms with Gasteiger partial charge in [0.25, 0.3) is 0 Å². The number of hydrogen-bond acceptors (Lipinski definition) is 4. The SMILES string of the molecule is COCCN(C)Cc1ccncc1N. The van der Waals surface area contributed by atoms with Crippen LogP contribution in [0.1, 0.15) is 5.56 Å². The number of nitrogens with zero attached hydrogens (tertiary/aromatic N) is 2. The number of methoxy groups -OCH3 is 1. The zero-order valence-electron chi connectivity index (χ0n) is 8.73. The summed E-state index contributed by atoms with van der Waals surface area (Å²) in [5.74, 6) is 0. The van der Waals surface area contributed by atoms with E-state index in [-0.39, 0.29) is 0 Å². The molecule has 4 nitrogen and oxygen atoms in total. The van der Waals surface area contributed by atoms with Crippen molar-refractivity contribution in [1.29, 1.82) is 0 Å². The Hall–Kier alpha value is -1.13. The van der Waals surface area contributed by atoms with E-state index >= 15 is 0 Å². The van der Waals surface area contributed by atoms with Crippen molar-refractivity contribution < 1.29 is 4.74 Å². The summed E-state index contributed by atoms with van der Waals surface area (Å²) < 4.78 is 5.00. The van der Waals surface area contributed by atoms with Crippen molar-refractivity contribution in [3.05, 3.63) is 24.0 Å². The average molecular weight is 195 g/mol. The summed E-state index contributed by atoms with van der Waals surface area (Å²) in [6.45, 7) is 2.47. The monoisotopic (exact) mass is 195 g/mol. The van der Waals surface area contributed by atoms with Crippen molar-refractivity contribution >= 4 is 5.69 Å². The van der Waals surface area contributed by atoms with Crippen LogP contribution in [-0.4, -0.2) is 37.2 Å². The molecule has 0 aliphatic carbocycles. The molecule has 0 amide bonds. The van der Waals surface area contributed by atoms with Crippen LogP contribution in [0, 0.1) is 0 Å². The zero-order valence-corrected chi connectivity index (χ0v) is 8.73. The number of aromatic nitrogens is 1. The smallest absolute Gasteiger partial charge is 0.0589 e. The second kappa shape index (κ2) is 5.57. The third-order valence-electron chi connectivity index (χ3n) is 2.06. The number of nitrogen functional groups attached to an aromatic ring is 1. The molecular formula is C10H17N3O. The van der Waals surface area contributed by atoms with E-state index in [4.69, 9.17) is 10.5 Å². The minimum absolute atomic E-state index is 0.738. The summed E-state index contributed by atoms with van der Waals surface area (Å²) in [6, 6.07) is 1.94. The Morgan fingerprint density at radius 1 is 1.57 bits per heavy atom. The van der Waals surface area contributed by atoms with Crippen LogP contribution in [0.25, 0.3) is 0 Å². The van der Waals surface area contributed by atoms with Crippen LogP contribution in [0.4, 0.5) is 5.69 Å². The van der Waals surface area contributed by atoms with Gasteiger partial charge in [-0.2, -0.15) is 0 Å². The predicted octanol–water partition coefficient (Wildman–Crippen LogP) is 0.742.